The van der Waals surface area contributed by atoms with Gasteiger partial charge in [0, 0.05) is 29.5 Å². The Kier molecular flexibility index (Phi) is 4.91. The van der Waals surface area contributed by atoms with Crippen molar-refractivity contribution in [2.24, 2.45) is 0 Å². The van der Waals surface area contributed by atoms with Crippen LogP contribution in [0, 0.1) is 5.82 Å². The number of quaternary nitrogens is 1. The van der Waals surface area contributed by atoms with E-state index in [1.165, 1.54) is 18.2 Å². The molecule has 0 spiro atoms. The van der Waals surface area contributed by atoms with Gasteiger partial charge in [0.1, 0.15) is 23.7 Å². The van der Waals surface area contributed by atoms with E-state index in [9.17, 15) is 9.18 Å². The molecule has 5 heteroatoms. The van der Waals surface area contributed by atoms with Gasteiger partial charge in [-0.3, -0.25) is 0 Å². The van der Waals surface area contributed by atoms with Crippen LogP contribution in [-0.4, -0.2) is 13.7 Å². The highest BCUT2D eigenvalue weighted by molar-refractivity contribution is 5.81. The second-order valence-electron chi connectivity index (χ2n) is 5.61. The van der Waals surface area contributed by atoms with E-state index in [-0.39, 0.29) is 11.4 Å². The molecule has 0 aliphatic rings. The molecule has 3 rings (SSSR count). The van der Waals surface area contributed by atoms with E-state index in [1.54, 1.807) is 25.3 Å². The number of nitrogens with two attached hydrogens (primary N) is 1. The maximum absolute atomic E-state index is 12.9. The van der Waals surface area contributed by atoms with E-state index < -0.39 is 0 Å². The predicted molar refractivity (Wildman–Crippen MR) is 89.6 cm³/mol. The summed E-state index contributed by atoms with van der Waals surface area (Å²) in [6, 6.07) is 13.5. The number of halogens is 1. The Bertz CT molecular complexity index is 887. The maximum Gasteiger partial charge on any atom is 0.336 e. The number of benzene rings is 2. The van der Waals surface area contributed by atoms with Crippen molar-refractivity contribution in [2.45, 2.75) is 13.0 Å². The van der Waals surface area contributed by atoms with Gasteiger partial charge in [0.15, 0.2) is 0 Å². The third-order valence-electron chi connectivity index (χ3n) is 3.95. The molecule has 0 amide bonds. The summed E-state index contributed by atoms with van der Waals surface area (Å²) in [6.45, 7) is 1.53. The third kappa shape index (κ3) is 3.81. The number of ether oxygens (including phenoxy) is 1. The third-order valence-corrected chi connectivity index (χ3v) is 3.95. The molecule has 0 saturated heterocycles. The van der Waals surface area contributed by atoms with Gasteiger partial charge >= 0.3 is 5.63 Å². The lowest BCUT2D eigenvalue weighted by molar-refractivity contribution is -0.670. The molecule has 0 aliphatic heterocycles. The second kappa shape index (κ2) is 7.27. The van der Waals surface area contributed by atoms with Gasteiger partial charge in [-0.2, -0.15) is 0 Å². The van der Waals surface area contributed by atoms with Gasteiger partial charge in [0.2, 0.25) is 0 Å². The maximum atomic E-state index is 12.9. The van der Waals surface area contributed by atoms with Gasteiger partial charge in [0.25, 0.3) is 0 Å². The fourth-order valence-electron chi connectivity index (χ4n) is 2.68. The van der Waals surface area contributed by atoms with Gasteiger partial charge in [-0.05, 0) is 29.8 Å². The normalized spacial score (nSPS) is 10.9. The van der Waals surface area contributed by atoms with Crippen LogP contribution in [0.1, 0.15) is 11.1 Å². The zero-order valence-electron chi connectivity index (χ0n) is 13.4. The van der Waals surface area contributed by atoms with Crippen LogP contribution in [0.15, 0.2) is 57.7 Å². The highest BCUT2D eigenvalue weighted by Crippen LogP contribution is 2.21. The number of rotatable bonds is 6. The fourth-order valence-corrected chi connectivity index (χ4v) is 2.68. The molecular weight excluding hydrogens is 309 g/mol. The van der Waals surface area contributed by atoms with Gasteiger partial charge in [0.05, 0.1) is 13.7 Å². The van der Waals surface area contributed by atoms with Crippen LogP contribution in [0.5, 0.6) is 5.75 Å². The fraction of sp³-hybridized carbons (Fsp3) is 0.211. The van der Waals surface area contributed by atoms with E-state index in [4.69, 9.17) is 9.15 Å². The topological polar surface area (TPSA) is 56.0 Å². The largest absolute Gasteiger partial charge is 0.497 e. The molecule has 0 bridgehead atoms. The van der Waals surface area contributed by atoms with Crippen molar-refractivity contribution in [3.63, 3.8) is 0 Å². The molecule has 0 aliphatic carbocycles. The van der Waals surface area contributed by atoms with Crippen molar-refractivity contribution < 1.29 is 18.9 Å². The summed E-state index contributed by atoms with van der Waals surface area (Å²) in [4.78, 5) is 11.7. The number of hydrogen-bond donors (Lipinski definition) is 1. The molecular formula is C19H19FNO3+. The summed E-state index contributed by atoms with van der Waals surface area (Å²) in [5, 5.41) is 3.04. The Morgan fingerprint density at radius 3 is 2.67 bits per heavy atom. The lowest BCUT2D eigenvalue weighted by atomic mass is 10.1. The SMILES string of the molecule is COc1ccc2c(C[NH2+]CCc3ccc(F)cc3)cc(=O)oc2c1. The van der Waals surface area contributed by atoms with Crippen LogP contribution < -0.4 is 15.7 Å². The molecule has 2 N–H and O–H groups in total. The van der Waals surface area contributed by atoms with Gasteiger partial charge in [-0.15, -0.1) is 0 Å². The van der Waals surface area contributed by atoms with Gasteiger partial charge in [-0.1, -0.05) is 12.1 Å². The first kappa shape index (κ1) is 16.2. The predicted octanol–water partition coefficient (Wildman–Crippen LogP) is 2.25. The molecule has 24 heavy (non-hydrogen) atoms. The minimum absolute atomic E-state index is 0.222. The van der Waals surface area contributed by atoms with Crippen molar-refractivity contribution in [3.05, 3.63) is 75.9 Å². The molecule has 0 radical (unpaired) electrons. The number of hydrogen-bond acceptors (Lipinski definition) is 3. The van der Waals surface area contributed by atoms with Crippen LogP contribution in [0.25, 0.3) is 11.0 Å². The molecule has 4 nitrogen and oxygen atoms in total. The average molecular weight is 328 g/mol. The van der Waals surface area contributed by atoms with Crippen LogP contribution in [0.2, 0.25) is 0 Å². The van der Waals surface area contributed by atoms with Crippen LogP contribution in [0.3, 0.4) is 0 Å². The van der Waals surface area contributed by atoms with E-state index in [2.05, 4.69) is 5.32 Å². The quantitative estimate of drug-likeness (QED) is 0.558. The summed E-state index contributed by atoms with van der Waals surface area (Å²) in [7, 11) is 1.58. The molecule has 124 valence electrons. The Balaban J connectivity index is 1.68. The van der Waals surface area contributed by atoms with E-state index >= 15 is 0 Å². The molecule has 1 heterocycles. The van der Waals surface area contributed by atoms with Gasteiger partial charge in [-0.25, -0.2) is 9.18 Å². The summed E-state index contributed by atoms with van der Waals surface area (Å²) in [5.41, 5.74) is 2.19. The molecule has 0 atom stereocenters. The van der Waals surface area contributed by atoms with Crippen molar-refractivity contribution in [2.75, 3.05) is 13.7 Å². The molecule has 0 saturated carbocycles. The smallest absolute Gasteiger partial charge is 0.336 e. The zero-order valence-corrected chi connectivity index (χ0v) is 13.4. The first-order valence-electron chi connectivity index (χ1n) is 7.82. The molecule has 1 aromatic heterocycles. The molecule has 0 fully saturated rings. The zero-order chi connectivity index (χ0) is 16.9. The Labute approximate surface area is 138 Å². The van der Waals surface area contributed by atoms with Crippen LogP contribution in [0.4, 0.5) is 4.39 Å². The van der Waals surface area contributed by atoms with Crippen molar-refractivity contribution in [1.29, 1.82) is 0 Å². The van der Waals surface area contributed by atoms with Crippen molar-refractivity contribution in [3.8, 4) is 5.75 Å². The summed E-state index contributed by atoms with van der Waals surface area (Å²) in [5.74, 6) is 0.434. The minimum Gasteiger partial charge on any atom is -0.497 e. The Morgan fingerprint density at radius 2 is 1.92 bits per heavy atom. The second-order valence-corrected chi connectivity index (χ2v) is 5.61. The molecule has 2 aromatic carbocycles. The van der Waals surface area contributed by atoms with Crippen LogP contribution in [-0.2, 0) is 13.0 Å². The first-order valence-corrected chi connectivity index (χ1v) is 7.82. The lowest BCUT2D eigenvalue weighted by Crippen LogP contribution is -2.83. The summed E-state index contributed by atoms with van der Waals surface area (Å²) in [6.07, 6.45) is 0.841. The first-order chi connectivity index (χ1) is 11.7. The lowest BCUT2D eigenvalue weighted by Gasteiger charge is -2.07. The van der Waals surface area contributed by atoms with Crippen molar-refractivity contribution >= 4 is 11.0 Å². The van der Waals surface area contributed by atoms with Gasteiger partial charge < -0.3 is 14.5 Å². The van der Waals surface area contributed by atoms with E-state index in [1.807, 2.05) is 12.1 Å². The van der Waals surface area contributed by atoms with Crippen LogP contribution >= 0.6 is 0 Å². The summed E-state index contributed by atoms with van der Waals surface area (Å²) >= 11 is 0. The molecule has 3 aromatic rings. The standard InChI is InChI=1S/C19H18FNO3/c1-23-16-6-7-17-14(10-19(22)24-18(17)11-16)12-21-9-8-13-2-4-15(20)5-3-13/h2-7,10-11,21H,8-9,12H2,1H3/p+1. The highest BCUT2D eigenvalue weighted by atomic mass is 19.1. The minimum atomic E-state index is -0.363. The van der Waals surface area contributed by atoms with E-state index in [0.29, 0.717) is 17.9 Å². The highest BCUT2D eigenvalue weighted by Gasteiger charge is 2.08. The summed E-state index contributed by atoms with van der Waals surface area (Å²) < 4.78 is 23.3. The molecule has 0 unspecified atom stereocenters. The monoisotopic (exact) mass is 328 g/mol. The Hall–Kier alpha value is -2.66. The van der Waals surface area contributed by atoms with E-state index in [0.717, 1.165) is 29.5 Å². The Morgan fingerprint density at radius 1 is 1.12 bits per heavy atom. The number of fused-ring (bicyclic) bond motifs is 1. The number of methoxy groups -OCH3 is 1. The average Bonchev–Trinajstić information content (AvgIpc) is 2.59. The van der Waals surface area contributed by atoms with Crippen molar-refractivity contribution in [1.82, 2.24) is 0 Å².